The number of hydrogen-bond acceptors (Lipinski definition) is 9. The van der Waals surface area contributed by atoms with Crippen molar-refractivity contribution in [3.63, 3.8) is 0 Å². The number of nitrogens with two attached hydrogens (primary N) is 1. The Kier molecular flexibility index (Phi) is 17.1. The maximum absolute atomic E-state index is 12.7. The summed E-state index contributed by atoms with van der Waals surface area (Å²) in [5.41, 5.74) is 9.82. The van der Waals surface area contributed by atoms with Crippen LogP contribution in [0.1, 0.15) is 117 Å². The number of nitrogen functional groups attached to an aromatic ring is 1. The first-order valence-corrected chi connectivity index (χ1v) is 19.7. The van der Waals surface area contributed by atoms with Gasteiger partial charge in [0.05, 0.1) is 43.1 Å². The zero-order valence-corrected chi connectivity index (χ0v) is 34.2. The summed E-state index contributed by atoms with van der Waals surface area (Å²) in [5.74, 6) is -0.776. The topological polar surface area (TPSA) is 163 Å². The van der Waals surface area contributed by atoms with Crippen molar-refractivity contribution in [3.8, 4) is 11.5 Å². The molecule has 0 radical (unpaired) electrons. The second kappa shape index (κ2) is 21.9. The summed E-state index contributed by atoms with van der Waals surface area (Å²) < 4.78 is 21.2. The largest absolute Gasteiger partial charge is 0.490 e. The van der Waals surface area contributed by atoms with E-state index in [9.17, 15) is 19.2 Å². The summed E-state index contributed by atoms with van der Waals surface area (Å²) in [4.78, 5) is 46.0. The highest BCUT2D eigenvalue weighted by Gasteiger charge is 2.20. The third-order valence-corrected chi connectivity index (χ3v) is 10.5. The smallest absolute Gasteiger partial charge is 0.337 e. The fourth-order valence-corrected chi connectivity index (χ4v) is 6.70. The minimum Gasteiger partial charge on any atom is -0.490 e. The molecule has 1 amide bonds. The summed E-state index contributed by atoms with van der Waals surface area (Å²) in [6.07, 6.45) is 11.7. The molecule has 2 aliphatic carbocycles. The third-order valence-electron chi connectivity index (χ3n) is 9.69. The minimum atomic E-state index is -0.981. The molecule has 2 saturated carbocycles. The number of carbonyl (C=O) groups is 4. The Morgan fingerprint density at radius 2 is 1.02 bits per heavy atom. The predicted octanol–water partition coefficient (Wildman–Crippen LogP) is 10.5. The molecule has 0 aromatic heterocycles. The van der Waals surface area contributed by atoms with Gasteiger partial charge in [0.25, 0.3) is 5.91 Å². The molecule has 0 atom stereocenters. The van der Waals surface area contributed by atoms with Crippen LogP contribution in [0.4, 0.5) is 11.4 Å². The van der Waals surface area contributed by atoms with Gasteiger partial charge in [0.1, 0.15) is 11.5 Å². The fourth-order valence-electron chi connectivity index (χ4n) is 6.28. The Bertz CT molecular complexity index is 1990. The van der Waals surface area contributed by atoms with E-state index >= 15 is 0 Å². The predicted molar refractivity (Wildman–Crippen MR) is 222 cm³/mol. The van der Waals surface area contributed by atoms with Crippen LogP contribution in [-0.2, 0) is 9.47 Å². The highest BCUT2D eigenvalue weighted by molar-refractivity contribution is 6.32. The monoisotopic (exact) mass is 820 g/mol. The van der Waals surface area contributed by atoms with Gasteiger partial charge in [-0.25, -0.2) is 14.4 Å². The van der Waals surface area contributed by atoms with Gasteiger partial charge >= 0.3 is 17.9 Å². The van der Waals surface area contributed by atoms with Crippen molar-refractivity contribution in [2.75, 3.05) is 25.3 Å². The lowest BCUT2D eigenvalue weighted by atomic mass is 9.97. The number of hydrogen-bond donors (Lipinski definition) is 3. The molecule has 2 fully saturated rings. The van der Waals surface area contributed by atoms with Crippen LogP contribution in [0.2, 0.25) is 10.0 Å². The van der Waals surface area contributed by atoms with E-state index < -0.39 is 11.9 Å². The van der Waals surface area contributed by atoms with Crippen molar-refractivity contribution in [2.24, 2.45) is 0 Å². The van der Waals surface area contributed by atoms with E-state index in [0.29, 0.717) is 49.6 Å². The van der Waals surface area contributed by atoms with Crippen LogP contribution >= 0.6 is 23.2 Å². The number of ether oxygens (including phenoxy) is 4. The van der Waals surface area contributed by atoms with Crippen LogP contribution in [0.3, 0.4) is 0 Å². The normalized spacial score (nSPS) is 14.1. The lowest BCUT2D eigenvalue weighted by Gasteiger charge is -2.24. The van der Waals surface area contributed by atoms with Gasteiger partial charge in [-0.2, -0.15) is 0 Å². The molecule has 2 aliphatic rings. The molecule has 0 unspecified atom stereocenters. The maximum Gasteiger partial charge on any atom is 0.337 e. The Labute approximate surface area is 343 Å². The first kappa shape index (κ1) is 44.5. The van der Waals surface area contributed by atoms with Crippen LogP contribution < -0.4 is 20.5 Å². The van der Waals surface area contributed by atoms with Crippen molar-refractivity contribution in [1.82, 2.24) is 0 Å². The van der Waals surface area contributed by atoms with Crippen molar-refractivity contribution in [1.29, 1.82) is 0 Å². The van der Waals surface area contributed by atoms with Gasteiger partial charge in [-0.05, 0) is 138 Å². The number of esters is 2. The summed E-state index contributed by atoms with van der Waals surface area (Å²) in [5, 5.41) is 12.8. The molecule has 0 spiro atoms. The molecule has 57 heavy (non-hydrogen) atoms. The average Bonchev–Trinajstić information content (AvgIpc) is 3.22. The number of rotatable bonds is 9. The van der Waals surface area contributed by atoms with Crippen molar-refractivity contribution < 1.29 is 43.2 Å². The van der Waals surface area contributed by atoms with E-state index in [1.165, 1.54) is 58.8 Å². The number of carboxylic acids is 1. The summed E-state index contributed by atoms with van der Waals surface area (Å²) >= 11 is 12.4. The number of amides is 1. The van der Waals surface area contributed by atoms with Gasteiger partial charge in [-0.1, -0.05) is 36.0 Å². The number of nitrogens with one attached hydrogen (secondary N) is 1. The van der Waals surface area contributed by atoms with Crippen LogP contribution in [0.25, 0.3) is 0 Å². The molecule has 0 aliphatic heterocycles. The first-order chi connectivity index (χ1) is 27.3. The number of carboxylic acid groups (broad SMARTS) is 1. The van der Waals surface area contributed by atoms with Crippen LogP contribution in [-0.4, -0.2) is 55.3 Å². The van der Waals surface area contributed by atoms with E-state index in [1.54, 1.807) is 66.7 Å². The van der Waals surface area contributed by atoms with Gasteiger partial charge < -0.3 is 35.1 Å². The molecule has 4 aromatic rings. The highest BCUT2D eigenvalue weighted by Crippen LogP contribution is 2.33. The van der Waals surface area contributed by atoms with Crippen molar-refractivity contribution in [2.45, 2.75) is 90.3 Å². The number of halogens is 2. The van der Waals surface area contributed by atoms with Gasteiger partial charge in [-0.3, -0.25) is 4.79 Å². The Hall–Kier alpha value is -5.26. The first-order valence-electron chi connectivity index (χ1n) is 18.9. The highest BCUT2D eigenvalue weighted by atomic mass is 35.5. The molecule has 0 bridgehead atoms. The molecular formula is C44H50Cl2N2O9. The molecule has 304 valence electrons. The lowest BCUT2D eigenvalue weighted by Crippen LogP contribution is -2.20. The number of methoxy groups -OCH3 is 2. The fraction of sp³-hybridized carbons (Fsp3) is 0.364. The summed E-state index contributed by atoms with van der Waals surface area (Å²) in [7, 11) is 2.67. The molecule has 6 rings (SSSR count). The second-order valence-electron chi connectivity index (χ2n) is 13.9. The number of aromatic carboxylic acids is 1. The van der Waals surface area contributed by atoms with Gasteiger partial charge in [0, 0.05) is 38.1 Å². The average molecular weight is 822 g/mol. The summed E-state index contributed by atoms with van der Waals surface area (Å²) in [6, 6.07) is 19.5. The molecule has 4 aromatic carbocycles. The number of benzene rings is 4. The van der Waals surface area contributed by atoms with Crippen molar-refractivity contribution in [3.05, 3.63) is 116 Å². The Morgan fingerprint density at radius 3 is 1.44 bits per heavy atom. The van der Waals surface area contributed by atoms with Gasteiger partial charge in [0.15, 0.2) is 0 Å². The van der Waals surface area contributed by atoms with E-state index in [1.807, 2.05) is 13.8 Å². The molecule has 11 nitrogen and oxygen atoms in total. The second-order valence-corrected chi connectivity index (χ2v) is 14.7. The SMILES string of the molecule is COC(=O)c1ccc(N)cc1.COC(=O)c1ccc(NC(=O)c2cc(Cl)c(C)c(OC3CCCCC3)c2)cc1.Cc1c(Cl)cc(C(=O)O)cc1OC1CCCCC1. The maximum atomic E-state index is 12.7. The zero-order valence-electron chi connectivity index (χ0n) is 32.7. The number of carbonyl (C=O) groups excluding carboxylic acids is 3. The molecule has 13 heteroatoms. The Morgan fingerprint density at radius 1 is 0.614 bits per heavy atom. The Balaban J connectivity index is 0.000000211. The zero-order chi connectivity index (χ0) is 41.5. The van der Waals surface area contributed by atoms with Crippen LogP contribution in [0.5, 0.6) is 11.5 Å². The van der Waals surface area contributed by atoms with E-state index in [-0.39, 0.29) is 29.6 Å². The summed E-state index contributed by atoms with van der Waals surface area (Å²) in [6.45, 7) is 3.75. The van der Waals surface area contributed by atoms with Crippen LogP contribution in [0, 0.1) is 13.8 Å². The van der Waals surface area contributed by atoms with E-state index in [0.717, 1.165) is 36.8 Å². The minimum absolute atomic E-state index is 0.174. The van der Waals surface area contributed by atoms with Crippen LogP contribution in [0.15, 0.2) is 72.8 Å². The van der Waals surface area contributed by atoms with Crippen molar-refractivity contribution >= 4 is 58.4 Å². The quantitative estimate of drug-likeness (QED) is 0.109. The lowest BCUT2D eigenvalue weighted by molar-refractivity contribution is 0.0592. The molecule has 4 N–H and O–H groups in total. The standard InChI is InChI=1S/C22H24ClNO4.C14H17ClO3.C8H9NO2/c1-14-19(23)12-16(13-20(14)28-18-6-4-3-5-7-18)21(25)24-17-10-8-15(9-11-17)22(26)27-2;1-9-12(15)7-10(14(16)17)8-13(9)18-11-5-3-2-4-6-11;1-11-8(10)6-2-4-7(9)5-3-6/h8-13,18H,3-7H2,1-2H3,(H,24,25);7-8,11H,2-6H2,1H3,(H,16,17);2-5H,9H2,1H3. The van der Waals surface area contributed by atoms with Gasteiger partial charge in [-0.15, -0.1) is 0 Å². The van der Waals surface area contributed by atoms with E-state index in [4.69, 9.17) is 43.5 Å². The number of anilines is 2. The van der Waals surface area contributed by atoms with Gasteiger partial charge in [0.2, 0.25) is 0 Å². The third kappa shape index (κ3) is 13.4. The molecule has 0 saturated heterocycles. The van der Waals surface area contributed by atoms with E-state index in [2.05, 4.69) is 14.8 Å². The molecular weight excluding hydrogens is 771 g/mol. The molecule has 0 heterocycles.